The highest BCUT2D eigenvalue weighted by Crippen LogP contribution is 2.37. The first-order chi connectivity index (χ1) is 8.06. The fourth-order valence-corrected chi connectivity index (χ4v) is 1.71. The first-order valence-corrected chi connectivity index (χ1v) is 5.14. The number of phenols is 1. The third kappa shape index (κ3) is 2.59. The number of benzene rings is 1. The molecular weight excluding hydrogens is 224 g/mol. The summed E-state index contributed by atoms with van der Waals surface area (Å²) in [6, 6.07) is 3.21. The molecule has 3 N–H and O–H groups in total. The van der Waals surface area contributed by atoms with E-state index in [4.69, 9.17) is 15.2 Å². The highest BCUT2D eigenvalue weighted by Gasteiger charge is 2.17. The van der Waals surface area contributed by atoms with Crippen molar-refractivity contribution in [3.05, 3.63) is 17.7 Å². The van der Waals surface area contributed by atoms with Crippen molar-refractivity contribution in [3.8, 4) is 17.2 Å². The molecule has 1 aliphatic heterocycles. The minimum atomic E-state index is -0.410. The van der Waals surface area contributed by atoms with E-state index in [-0.39, 0.29) is 19.1 Å². The van der Waals surface area contributed by atoms with Gasteiger partial charge in [-0.25, -0.2) is 0 Å². The van der Waals surface area contributed by atoms with E-state index >= 15 is 0 Å². The van der Waals surface area contributed by atoms with Gasteiger partial charge < -0.3 is 20.3 Å². The predicted octanol–water partition coefficient (Wildman–Crippen LogP) is 0.0380. The zero-order valence-corrected chi connectivity index (χ0v) is 9.47. The average Bonchev–Trinajstić information content (AvgIpc) is 2.63. The van der Waals surface area contributed by atoms with E-state index in [2.05, 4.69) is 0 Å². The quantitative estimate of drug-likeness (QED) is 0.773. The number of amides is 1. The van der Waals surface area contributed by atoms with Crippen LogP contribution in [0, 0.1) is 0 Å². The number of hydrogen-bond donors (Lipinski definition) is 2. The van der Waals surface area contributed by atoms with Crippen LogP contribution in [0.4, 0.5) is 0 Å². The summed E-state index contributed by atoms with van der Waals surface area (Å²) in [6.07, 6.45) is 0. The van der Waals surface area contributed by atoms with Gasteiger partial charge in [-0.2, -0.15) is 0 Å². The lowest BCUT2D eigenvalue weighted by atomic mass is 10.1. The Labute approximate surface area is 98.5 Å². The fourth-order valence-electron chi connectivity index (χ4n) is 1.71. The molecule has 1 heterocycles. The van der Waals surface area contributed by atoms with E-state index in [1.807, 2.05) is 0 Å². The second-order valence-electron chi connectivity index (χ2n) is 3.97. The second-order valence-corrected chi connectivity index (χ2v) is 3.97. The lowest BCUT2D eigenvalue weighted by Crippen LogP contribution is -2.30. The van der Waals surface area contributed by atoms with Gasteiger partial charge in [-0.1, -0.05) is 0 Å². The van der Waals surface area contributed by atoms with Crippen molar-refractivity contribution >= 4 is 5.91 Å². The fraction of sp³-hybridized carbons (Fsp3) is 0.364. The summed E-state index contributed by atoms with van der Waals surface area (Å²) in [5.41, 5.74) is 5.75. The third-order valence-electron chi connectivity index (χ3n) is 2.44. The van der Waals surface area contributed by atoms with E-state index in [1.54, 1.807) is 18.0 Å². The number of aromatic hydroxyl groups is 1. The minimum absolute atomic E-state index is 0.116. The molecule has 0 spiro atoms. The van der Waals surface area contributed by atoms with Crippen molar-refractivity contribution in [2.75, 3.05) is 20.4 Å². The molecule has 6 heteroatoms. The number of likely N-dealkylation sites (N-methyl/N-ethyl adjacent to an activating group) is 1. The first-order valence-electron chi connectivity index (χ1n) is 5.14. The number of carbonyl (C=O) groups is 1. The molecule has 17 heavy (non-hydrogen) atoms. The summed E-state index contributed by atoms with van der Waals surface area (Å²) in [7, 11) is 1.74. The van der Waals surface area contributed by atoms with Gasteiger partial charge in [0.2, 0.25) is 12.7 Å². The summed E-state index contributed by atoms with van der Waals surface area (Å²) in [6.45, 7) is 0.703. The number of hydrogen-bond acceptors (Lipinski definition) is 5. The van der Waals surface area contributed by atoms with Crippen LogP contribution in [0.2, 0.25) is 0 Å². The number of fused-ring (bicyclic) bond motifs is 1. The molecule has 1 aromatic carbocycles. The number of nitrogens with zero attached hydrogens (tertiary/aromatic N) is 1. The first kappa shape index (κ1) is 11.5. The summed E-state index contributed by atoms with van der Waals surface area (Å²) < 4.78 is 10.3. The van der Waals surface area contributed by atoms with Gasteiger partial charge in [-0.15, -0.1) is 0 Å². The van der Waals surface area contributed by atoms with Gasteiger partial charge >= 0.3 is 0 Å². The average molecular weight is 238 g/mol. The van der Waals surface area contributed by atoms with E-state index in [0.29, 0.717) is 23.6 Å². The topological polar surface area (TPSA) is 85.0 Å². The maximum Gasteiger partial charge on any atom is 0.231 e. The molecule has 0 aromatic heterocycles. The van der Waals surface area contributed by atoms with Gasteiger partial charge in [-0.05, 0) is 13.1 Å². The van der Waals surface area contributed by atoms with Crippen LogP contribution in [0.5, 0.6) is 17.2 Å². The van der Waals surface area contributed by atoms with Crippen molar-refractivity contribution in [3.63, 3.8) is 0 Å². The van der Waals surface area contributed by atoms with E-state index in [0.717, 1.165) is 0 Å². The molecule has 0 fully saturated rings. The third-order valence-corrected chi connectivity index (χ3v) is 2.44. The molecular formula is C11H14N2O4. The van der Waals surface area contributed by atoms with Crippen molar-refractivity contribution < 1.29 is 19.4 Å². The lowest BCUT2D eigenvalue weighted by molar-refractivity contribution is -0.118. The molecule has 92 valence electrons. The molecule has 0 atom stereocenters. The molecule has 0 saturated carbocycles. The number of primary amides is 1. The van der Waals surface area contributed by atoms with Gasteiger partial charge in [0.15, 0.2) is 11.5 Å². The van der Waals surface area contributed by atoms with E-state index < -0.39 is 5.91 Å². The zero-order valence-electron chi connectivity index (χ0n) is 9.47. The number of nitrogens with two attached hydrogens (primary N) is 1. The van der Waals surface area contributed by atoms with Crippen LogP contribution in [-0.4, -0.2) is 36.3 Å². The number of ether oxygens (including phenoxy) is 2. The monoisotopic (exact) mass is 238 g/mol. The Hall–Kier alpha value is -1.95. The Morgan fingerprint density at radius 1 is 1.47 bits per heavy atom. The normalized spacial score (nSPS) is 13.1. The molecule has 0 aliphatic carbocycles. The smallest absolute Gasteiger partial charge is 0.231 e. The number of phenolic OH excluding ortho intramolecular Hbond substituents is 1. The summed E-state index contributed by atoms with van der Waals surface area (Å²) >= 11 is 0. The summed E-state index contributed by atoms with van der Waals surface area (Å²) in [4.78, 5) is 12.5. The Kier molecular flexibility index (Phi) is 3.06. The highest BCUT2D eigenvalue weighted by atomic mass is 16.7. The Balaban J connectivity index is 2.13. The van der Waals surface area contributed by atoms with Gasteiger partial charge in [0.1, 0.15) is 5.75 Å². The molecule has 1 aromatic rings. The largest absolute Gasteiger partial charge is 0.507 e. The van der Waals surface area contributed by atoms with Crippen LogP contribution < -0.4 is 15.2 Å². The van der Waals surface area contributed by atoms with Crippen molar-refractivity contribution in [1.29, 1.82) is 0 Å². The molecule has 0 unspecified atom stereocenters. The molecule has 1 amide bonds. The van der Waals surface area contributed by atoms with Crippen LogP contribution in [0.3, 0.4) is 0 Å². The van der Waals surface area contributed by atoms with Crippen molar-refractivity contribution in [2.24, 2.45) is 5.73 Å². The lowest BCUT2D eigenvalue weighted by Gasteiger charge is -2.15. The van der Waals surface area contributed by atoms with Crippen molar-refractivity contribution in [1.82, 2.24) is 4.90 Å². The SMILES string of the molecule is CN(CC(N)=O)Cc1cc2c(cc1O)OCO2. The van der Waals surface area contributed by atoms with Crippen LogP contribution in [0.15, 0.2) is 12.1 Å². The minimum Gasteiger partial charge on any atom is -0.507 e. The number of carbonyl (C=O) groups excluding carboxylic acids is 1. The standard InChI is InChI=1S/C11H14N2O4/c1-13(5-11(12)15)4-7-2-9-10(3-8(7)14)17-6-16-9/h2-3,14H,4-6H2,1H3,(H2,12,15). The Morgan fingerprint density at radius 2 is 2.12 bits per heavy atom. The predicted molar refractivity (Wildman–Crippen MR) is 59.8 cm³/mol. The molecule has 0 radical (unpaired) electrons. The van der Waals surface area contributed by atoms with Gasteiger partial charge in [0.25, 0.3) is 0 Å². The van der Waals surface area contributed by atoms with Gasteiger partial charge in [0, 0.05) is 18.2 Å². The molecule has 0 bridgehead atoms. The maximum absolute atomic E-state index is 10.7. The van der Waals surface area contributed by atoms with E-state index in [1.165, 1.54) is 6.07 Å². The summed E-state index contributed by atoms with van der Waals surface area (Å²) in [5.74, 6) is 0.840. The van der Waals surface area contributed by atoms with E-state index in [9.17, 15) is 9.90 Å². The van der Waals surface area contributed by atoms with Crippen LogP contribution >= 0.6 is 0 Å². The van der Waals surface area contributed by atoms with Crippen LogP contribution in [0.25, 0.3) is 0 Å². The van der Waals surface area contributed by atoms with Crippen molar-refractivity contribution in [2.45, 2.75) is 6.54 Å². The van der Waals surface area contributed by atoms with Gasteiger partial charge in [-0.3, -0.25) is 9.69 Å². The Morgan fingerprint density at radius 3 is 2.76 bits per heavy atom. The second kappa shape index (κ2) is 4.50. The summed E-state index contributed by atoms with van der Waals surface area (Å²) in [5, 5.41) is 9.78. The Bertz CT molecular complexity index is 447. The molecule has 1 aliphatic rings. The maximum atomic E-state index is 10.7. The molecule has 6 nitrogen and oxygen atoms in total. The molecule has 2 rings (SSSR count). The van der Waals surface area contributed by atoms with Crippen LogP contribution in [-0.2, 0) is 11.3 Å². The number of rotatable bonds is 4. The highest BCUT2D eigenvalue weighted by molar-refractivity contribution is 5.75. The zero-order chi connectivity index (χ0) is 12.4. The van der Waals surface area contributed by atoms with Crippen LogP contribution in [0.1, 0.15) is 5.56 Å². The molecule has 0 saturated heterocycles. The van der Waals surface area contributed by atoms with Gasteiger partial charge in [0.05, 0.1) is 6.54 Å².